The molecule has 4 aromatic carbocycles. The van der Waals surface area contributed by atoms with Gasteiger partial charge in [0.05, 0.1) is 46.0 Å². The lowest BCUT2D eigenvalue weighted by atomic mass is 10.0. The molecule has 0 unspecified atom stereocenters. The van der Waals surface area contributed by atoms with Crippen LogP contribution in [0.1, 0.15) is 39.2 Å². The minimum absolute atomic E-state index is 0.0413. The van der Waals surface area contributed by atoms with E-state index in [9.17, 15) is 38.2 Å². The molecule has 0 aliphatic rings. The number of carboxylic acids is 2. The van der Waals surface area contributed by atoms with Crippen molar-refractivity contribution in [2.75, 3.05) is 33.9 Å². The van der Waals surface area contributed by atoms with Gasteiger partial charge in [-0.15, -0.1) is 0 Å². The Labute approximate surface area is 390 Å². The van der Waals surface area contributed by atoms with Gasteiger partial charge in [0, 0.05) is 34.3 Å². The smallest absolute Gasteiger partial charge is 0.374 e. The number of aliphatic hydroxyl groups is 2. The second-order valence-corrected chi connectivity index (χ2v) is 14.7. The van der Waals surface area contributed by atoms with Crippen molar-refractivity contribution in [2.24, 2.45) is 5.84 Å². The molecule has 0 spiro atoms. The van der Waals surface area contributed by atoms with Crippen LogP contribution in [0.5, 0.6) is 11.8 Å². The maximum absolute atomic E-state index is 14.1. The highest BCUT2D eigenvalue weighted by molar-refractivity contribution is 6.31. The van der Waals surface area contributed by atoms with Gasteiger partial charge in [-0.2, -0.15) is 0 Å². The van der Waals surface area contributed by atoms with Crippen LogP contribution in [-0.4, -0.2) is 111 Å². The van der Waals surface area contributed by atoms with Crippen LogP contribution in [0.2, 0.25) is 10.0 Å². The number of nitrogens with zero attached hydrogens (tertiary/aromatic N) is 4. The number of hydrogen-bond donors (Lipinski definition) is 6. The number of rotatable bonds is 18. The third kappa shape index (κ3) is 16.4. The molecule has 23 heteroatoms. The molecule has 1 amide bonds. The summed E-state index contributed by atoms with van der Waals surface area (Å²) in [6.07, 6.45) is -3.05. The minimum atomic E-state index is -1.75. The van der Waals surface area contributed by atoms with E-state index in [2.05, 4.69) is 25.0 Å². The Kier molecular flexibility index (Phi) is 20.1. The lowest BCUT2D eigenvalue weighted by Gasteiger charge is -2.24. The van der Waals surface area contributed by atoms with E-state index in [1.54, 1.807) is 61.5 Å². The molecule has 0 saturated heterocycles. The number of carbonyl (C=O) groups excluding carboxylic acids is 2. The number of hydrazine groups is 2. The van der Waals surface area contributed by atoms with Gasteiger partial charge in [-0.1, -0.05) is 71.7 Å². The molecule has 0 bridgehead atoms. The fourth-order valence-electron chi connectivity index (χ4n) is 5.62. The molecule has 2 aromatic heterocycles. The van der Waals surface area contributed by atoms with E-state index in [0.717, 1.165) is 5.56 Å². The number of aromatic nitrogens is 2. The topological polar surface area (TPSA) is 273 Å². The van der Waals surface area contributed by atoms with Gasteiger partial charge in [-0.3, -0.25) is 16.1 Å². The summed E-state index contributed by atoms with van der Waals surface area (Å²) < 4.78 is 51.3. The Morgan fingerprint density at radius 1 is 0.716 bits per heavy atom. The van der Waals surface area contributed by atoms with Crippen molar-refractivity contribution in [2.45, 2.75) is 32.2 Å². The van der Waals surface area contributed by atoms with E-state index in [1.165, 1.54) is 66.7 Å². The van der Waals surface area contributed by atoms with Crippen LogP contribution in [0, 0.1) is 11.6 Å². The first kappa shape index (κ1) is 52.6. The summed E-state index contributed by atoms with van der Waals surface area (Å²) >= 11 is 11.9. The Morgan fingerprint density at radius 3 is 1.63 bits per heavy atom. The molecule has 0 saturated carbocycles. The second kappa shape index (κ2) is 25.6. The van der Waals surface area contributed by atoms with E-state index >= 15 is 0 Å². The lowest BCUT2D eigenvalue weighted by Crippen LogP contribution is -2.47. The van der Waals surface area contributed by atoms with Crippen LogP contribution in [0.3, 0.4) is 0 Å². The van der Waals surface area contributed by atoms with Gasteiger partial charge in [0.1, 0.15) is 11.6 Å². The molecular formula is C44H44Cl2F2N6O13. The highest BCUT2D eigenvalue weighted by atomic mass is 35.5. The van der Waals surface area contributed by atoms with Crippen molar-refractivity contribution < 1.29 is 71.6 Å². The van der Waals surface area contributed by atoms with Gasteiger partial charge in [0.2, 0.25) is 11.5 Å². The first-order valence-electron chi connectivity index (χ1n) is 19.6. The SMILES string of the molecule is CCOC(=O)[C@H](O)CN(N)Cc1ccc(-c2cc(Cl)ccc2F)cc1.COc1cc(C(=O)NN(Cc2ccc(-c3cc(Cl)ccc3F)cc2)C[C@@H](O)C(=O)O)on1.COc1cc(C(=O)O)on1. The fourth-order valence-corrected chi connectivity index (χ4v) is 5.97. The van der Waals surface area contributed by atoms with E-state index < -0.39 is 48.4 Å². The number of esters is 1. The van der Waals surface area contributed by atoms with Gasteiger partial charge in [0.25, 0.3) is 11.8 Å². The maximum Gasteiger partial charge on any atom is 0.374 e. The van der Waals surface area contributed by atoms with Crippen LogP contribution in [0.15, 0.2) is 106 Å². The van der Waals surface area contributed by atoms with Crippen molar-refractivity contribution in [3.8, 4) is 34.0 Å². The molecule has 0 aliphatic heterocycles. The van der Waals surface area contributed by atoms with Crippen molar-refractivity contribution in [3.05, 3.63) is 141 Å². The van der Waals surface area contributed by atoms with Crippen molar-refractivity contribution >= 4 is 47.0 Å². The molecule has 356 valence electrons. The highest BCUT2D eigenvalue weighted by Gasteiger charge is 2.23. The Morgan fingerprint density at radius 2 is 1.19 bits per heavy atom. The number of aromatic carboxylic acids is 1. The number of methoxy groups -OCH3 is 2. The molecule has 7 N–H and O–H groups in total. The number of aliphatic hydroxyl groups excluding tert-OH is 2. The van der Waals surface area contributed by atoms with Crippen LogP contribution in [0.4, 0.5) is 8.78 Å². The fraction of sp³-hybridized carbons (Fsp3) is 0.227. The second-order valence-electron chi connectivity index (χ2n) is 13.8. The van der Waals surface area contributed by atoms with Gasteiger partial charge < -0.3 is 43.7 Å². The molecule has 0 radical (unpaired) electrons. The average molecular weight is 974 g/mol. The first-order chi connectivity index (χ1) is 31.9. The van der Waals surface area contributed by atoms with E-state index in [-0.39, 0.29) is 48.8 Å². The quantitative estimate of drug-likeness (QED) is 0.0334. The number of aliphatic carboxylic acids is 1. The summed E-state index contributed by atoms with van der Waals surface area (Å²) in [7, 11) is 2.73. The zero-order valence-electron chi connectivity index (χ0n) is 35.8. The van der Waals surface area contributed by atoms with Crippen LogP contribution < -0.4 is 20.7 Å². The maximum atomic E-state index is 14.1. The van der Waals surface area contributed by atoms with Gasteiger partial charge in [0.15, 0.2) is 12.2 Å². The van der Waals surface area contributed by atoms with Crippen LogP contribution in [0.25, 0.3) is 22.3 Å². The number of carboxylic acid groups (broad SMARTS) is 2. The van der Waals surface area contributed by atoms with Crippen molar-refractivity contribution in [1.82, 2.24) is 25.8 Å². The summed E-state index contributed by atoms with van der Waals surface area (Å²) in [6, 6.07) is 24.9. The number of nitrogens with two attached hydrogens (primary N) is 1. The van der Waals surface area contributed by atoms with E-state index in [0.29, 0.717) is 44.4 Å². The number of halogens is 4. The zero-order valence-corrected chi connectivity index (χ0v) is 37.3. The number of hydrogen-bond acceptors (Lipinski definition) is 16. The molecule has 6 aromatic rings. The zero-order chi connectivity index (χ0) is 49.2. The summed E-state index contributed by atoms with van der Waals surface area (Å²) in [5.74, 6) is 0.892. The minimum Gasteiger partial charge on any atom is -0.479 e. The lowest BCUT2D eigenvalue weighted by molar-refractivity contribution is -0.154. The van der Waals surface area contributed by atoms with Crippen molar-refractivity contribution in [3.63, 3.8) is 0 Å². The highest BCUT2D eigenvalue weighted by Crippen LogP contribution is 2.28. The predicted octanol–water partition coefficient (Wildman–Crippen LogP) is 5.86. The molecule has 67 heavy (non-hydrogen) atoms. The summed E-state index contributed by atoms with van der Waals surface area (Å²) in [6.45, 7) is 1.76. The summed E-state index contributed by atoms with van der Waals surface area (Å²) in [5, 5.41) is 47.0. The van der Waals surface area contributed by atoms with E-state index in [1.807, 2.05) is 0 Å². The van der Waals surface area contributed by atoms with Crippen LogP contribution in [-0.2, 0) is 27.4 Å². The third-order valence-electron chi connectivity index (χ3n) is 8.88. The Bertz CT molecular complexity index is 2580. The number of ether oxygens (including phenoxy) is 3. The molecule has 2 atom stereocenters. The Hall–Kier alpha value is -6.98. The van der Waals surface area contributed by atoms with E-state index in [4.69, 9.17) is 53.3 Å². The summed E-state index contributed by atoms with van der Waals surface area (Å²) in [5.41, 5.74) is 6.01. The molecule has 2 heterocycles. The number of nitrogens with one attached hydrogen (secondary N) is 1. The first-order valence-corrected chi connectivity index (χ1v) is 20.3. The monoisotopic (exact) mass is 972 g/mol. The number of amides is 1. The van der Waals surface area contributed by atoms with Gasteiger partial charge in [-0.25, -0.2) is 33.2 Å². The standard InChI is InChI=1S/C21H19ClFN3O6.C18H20ClFN2O3.C5H5NO4/c1-31-19-9-18(32-25-19)20(28)24-26(11-17(27)21(29)30)10-12-2-4-13(5-3-12)15-8-14(22)6-7-16(15)23;1-2-25-18(24)17(23)11-22(21)10-12-3-5-13(6-4-12)15-9-14(19)7-8-16(15)20;1-9-4-2-3(5(7)8)10-6-4/h2-9,17,27H,10-11H2,1H3,(H,24,28)(H,29,30);3-9,17,23H,2,10-11,21H2,1H3;2H,1H3,(H,7,8)/t2*17-;/m11./s1. The van der Waals surface area contributed by atoms with Gasteiger partial charge >= 0.3 is 23.8 Å². The normalized spacial score (nSPS) is 11.6. The average Bonchev–Trinajstić information content (AvgIpc) is 4.00. The molecule has 19 nitrogen and oxygen atoms in total. The number of benzene rings is 4. The Balaban J connectivity index is 0.000000247. The van der Waals surface area contributed by atoms with Gasteiger partial charge in [-0.05, 0) is 75.9 Å². The summed E-state index contributed by atoms with van der Waals surface area (Å²) in [4.78, 5) is 45.0. The largest absolute Gasteiger partial charge is 0.479 e. The third-order valence-corrected chi connectivity index (χ3v) is 9.35. The molecular weight excluding hydrogens is 929 g/mol. The molecule has 6 rings (SSSR count). The van der Waals surface area contributed by atoms with Crippen molar-refractivity contribution in [1.29, 1.82) is 0 Å². The van der Waals surface area contributed by atoms with Crippen LogP contribution >= 0.6 is 23.2 Å². The number of carbonyl (C=O) groups is 4. The molecule has 0 fully saturated rings. The predicted molar refractivity (Wildman–Crippen MR) is 236 cm³/mol. The molecule has 0 aliphatic carbocycles.